The smallest absolute Gasteiger partial charge is 0.294 e. The van der Waals surface area contributed by atoms with Crippen molar-refractivity contribution in [3.05, 3.63) is 76.4 Å². The third-order valence-corrected chi connectivity index (χ3v) is 5.37. The monoisotopic (exact) mass is 479 g/mol. The predicted molar refractivity (Wildman–Crippen MR) is 109 cm³/mol. The van der Waals surface area contributed by atoms with Crippen molar-refractivity contribution in [2.45, 2.75) is 43.9 Å². The van der Waals surface area contributed by atoms with Gasteiger partial charge in [-0.2, -0.15) is 13.2 Å². The molecule has 0 spiro atoms. The number of nitrogens with zero attached hydrogens (tertiary/aromatic N) is 3. The molecule has 0 unspecified atom stereocenters. The Bertz CT molecular complexity index is 1140. The molecule has 1 aliphatic rings. The minimum atomic E-state index is -4.54. The Balaban J connectivity index is 1.66. The summed E-state index contributed by atoms with van der Waals surface area (Å²) in [5, 5.41) is 0. The number of likely N-dealkylation sites (tertiary alicyclic amines) is 1. The minimum Gasteiger partial charge on any atom is -0.294 e. The van der Waals surface area contributed by atoms with Crippen LogP contribution in [0.3, 0.4) is 0 Å². The third-order valence-electron chi connectivity index (χ3n) is 5.37. The van der Waals surface area contributed by atoms with Crippen LogP contribution in [0.25, 0.3) is 4.85 Å². The molecule has 1 aliphatic heterocycles. The van der Waals surface area contributed by atoms with E-state index >= 15 is 0 Å². The number of pyridine rings is 1. The zero-order chi connectivity index (χ0) is 25.1. The summed E-state index contributed by atoms with van der Waals surface area (Å²) in [6.07, 6.45) is -5.04. The number of benzene rings is 1. The summed E-state index contributed by atoms with van der Waals surface area (Å²) < 4.78 is 65.2. The van der Waals surface area contributed by atoms with Gasteiger partial charge in [0.25, 0.3) is 5.92 Å². The van der Waals surface area contributed by atoms with Crippen LogP contribution in [0, 0.1) is 6.57 Å². The lowest BCUT2D eigenvalue weighted by Gasteiger charge is -2.16. The number of carbonyl (C=O) groups is 3. The van der Waals surface area contributed by atoms with E-state index in [0.717, 1.165) is 29.2 Å². The normalized spacial score (nSPS) is 17.3. The molecule has 1 atom stereocenters. The Kier molecular flexibility index (Phi) is 7.09. The van der Waals surface area contributed by atoms with Crippen LogP contribution < -0.4 is 0 Å². The number of alkyl halides is 5. The lowest BCUT2D eigenvalue weighted by Crippen LogP contribution is -2.35. The Labute approximate surface area is 191 Å². The lowest BCUT2D eigenvalue weighted by molar-refractivity contribution is -0.137. The van der Waals surface area contributed by atoms with E-state index in [4.69, 9.17) is 6.57 Å². The van der Waals surface area contributed by atoms with Crippen LogP contribution in [0.2, 0.25) is 0 Å². The highest BCUT2D eigenvalue weighted by Gasteiger charge is 2.50. The second-order valence-corrected chi connectivity index (χ2v) is 7.82. The van der Waals surface area contributed by atoms with Crippen molar-refractivity contribution in [2.24, 2.45) is 0 Å². The van der Waals surface area contributed by atoms with E-state index in [1.165, 1.54) is 18.5 Å². The highest BCUT2D eigenvalue weighted by molar-refractivity contribution is 6.02. The first kappa shape index (κ1) is 25.0. The van der Waals surface area contributed by atoms with Gasteiger partial charge in [0.05, 0.1) is 12.1 Å². The first-order valence-electron chi connectivity index (χ1n) is 10.1. The molecule has 1 amide bonds. The van der Waals surface area contributed by atoms with Crippen molar-refractivity contribution in [3.8, 4) is 0 Å². The number of halogens is 5. The average molecular weight is 479 g/mol. The molecule has 3 rings (SSSR count). The van der Waals surface area contributed by atoms with Gasteiger partial charge in [-0.25, -0.2) is 15.4 Å². The molecule has 2 aromatic rings. The van der Waals surface area contributed by atoms with Gasteiger partial charge >= 0.3 is 12.3 Å². The van der Waals surface area contributed by atoms with Gasteiger partial charge in [-0.15, -0.1) is 0 Å². The minimum absolute atomic E-state index is 0.0191. The van der Waals surface area contributed by atoms with E-state index in [9.17, 15) is 36.3 Å². The molecular formula is C23H18F5N3O3. The Hall–Kier alpha value is -3.68. The van der Waals surface area contributed by atoms with Gasteiger partial charge in [0, 0.05) is 42.8 Å². The zero-order valence-corrected chi connectivity index (χ0v) is 17.6. The standard InChI is InChI=1S/C23H18F5N3O3/c1-29-20-11-22(24,25)13-31(20)21(34)7-6-18(32)17-8-9-30-12-15(17)10-19(33)14-2-4-16(5-3-14)23(26,27)28/h2-5,8-9,12,20H,6-7,10-11,13H2/t20-/m0/s1. The predicted octanol–water partition coefficient (Wildman–Crippen LogP) is 4.60. The summed E-state index contributed by atoms with van der Waals surface area (Å²) >= 11 is 0. The maximum absolute atomic E-state index is 13.6. The van der Waals surface area contributed by atoms with E-state index < -0.39 is 60.7 Å². The number of Topliss-reactive ketones (excluding diaryl/α,β-unsaturated/α-hetero) is 2. The molecule has 6 nitrogen and oxygen atoms in total. The topological polar surface area (TPSA) is 71.7 Å². The summed E-state index contributed by atoms with van der Waals surface area (Å²) in [6, 6.07) is 5.00. The number of aromatic nitrogens is 1. The Morgan fingerprint density at radius 1 is 1.09 bits per heavy atom. The molecule has 11 heteroatoms. The summed E-state index contributed by atoms with van der Waals surface area (Å²) in [4.78, 5) is 45.3. The fourth-order valence-corrected chi connectivity index (χ4v) is 3.63. The molecule has 1 saturated heterocycles. The molecule has 1 aromatic carbocycles. The maximum Gasteiger partial charge on any atom is 0.416 e. The van der Waals surface area contributed by atoms with Crippen molar-refractivity contribution in [1.29, 1.82) is 0 Å². The molecule has 1 aromatic heterocycles. The number of amides is 1. The van der Waals surface area contributed by atoms with Crippen LogP contribution in [-0.2, 0) is 17.4 Å². The fourth-order valence-electron chi connectivity index (χ4n) is 3.63. The van der Waals surface area contributed by atoms with Crippen LogP contribution in [0.15, 0.2) is 42.7 Å². The molecule has 0 aliphatic carbocycles. The molecule has 1 fully saturated rings. The molecule has 0 saturated carbocycles. The van der Waals surface area contributed by atoms with Crippen LogP contribution in [0.1, 0.15) is 51.1 Å². The molecule has 0 radical (unpaired) electrons. The largest absolute Gasteiger partial charge is 0.416 e. The quantitative estimate of drug-likeness (QED) is 0.331. The highest BCUT2D eigenvalue weighted by atomic mass is 19.4. The zero-order valence-electron chi connectivity index (χ0n) is 17.6. The maximum atomic E-state index is 13.6. The molecule has 0 bridgehead atoms. The summed E-state index contributed by atoms with van der Waals surface area (Å²) in [5.74, 6) is -4.98. The van der Waals surface area contributed by atoms with Crippen molar-refractivity contribution in [3.63, 3.8) is 0 Å². The van der Waals surface area contributed by atoms with Gasteiger partial charge in [-0.05, 0) is 23.8 Å². The van der Waals surface area contributed by atoms with E-state index in [-0.39, 0.29) is 29.5 Å². The Morgan fingerprint density at radius 3 is 2.38 bits per heavy atom. The summed E-state index contributed by atoms with van der Waals surface area (Å²) in [5.41, 5.74) is -0.569. The number of ketones is 2. The van der Waals surface area contributed by atoms with Crippen molar-refractivity contribution in [1.82, 2.24) is 9.88 Å². The first-order chi connectivity index (χ1) is 15.9. The third kappa shape index (κ3) is 5.81. The molecule has 0 N–H and O–H groups in total. The van der Waals surface area contributed by atoms with Gasteiger partial charge in [0.15, 0.2) is 11.6 Å². The fraction of sp³-hybridized carbons (Fsp3) is 0.348. The molecule has 178 valence electrons. The summed E-state index contributed by atoms with van der Waals surface area (Å²) in [6.45, 7) is 6.11. The Morgan fingerprint density at radius 2 is 1.76 bits per heavy atom. The van der Waals surface area contributed by atoms with Crippen LogP contribution in [0.5, 0.6) is 0 Å². The van der Waals surface area contributed by atoms with Crippen LogP contribution >= 0.6 is 0 Å². The van der Waals surface area contributed by atoms with E-state index in [0.29, 0.717) is 0 Å². The van der Waals surface area contributed by atoms with Crippen LogP contribution in [-0.4, -0.2) is 46.0 Å². The van der Waals surface area contributed by atoms with Gasteiger partial charge in [-0.1, -0.05) is 12.1 Å². The first-order valence-corrected chi connectivity index (χ1v) is 10.1. The van der Waals surface area contributed by atoms with Gasteiger partial charge in [0.1, 0.15) is 6.42 Å². The van der Waals surface area contributed by atoms with Gasteiger partial charge in [-0.3, -0.25) is 29.1 Å². The average Bonchev–Trinajstić information content (AvgIpc) is 3.11. The second kappa shape index (κ2) is 9.67. The molecule has 2 heterocycles. The number of rotatable bonds is 7. The van der Waals surface area contributed by atoms with E-state index in [2.05, 4.69) is 9.83 Å². The number of hydrogen-bond donors (Lipinski definition) is 0. The van der Waals surface area contributed by atoms with Gasteiger partial charge in [0.2, 0.25) is 5.91 Å². The number of carbonyl (C=O) groups excluding carboxylic acids is 3. The highest BCUT2D eigenvalue weighted by Crippen LogP contribution is 2.33. The SMILES string of the molecule is [C-]#[N+][C@@H]1CC(F)(F)CN1C(=O)CCC(=O)c1ccncc1CC(=O)c1ccc(C(F)(F)F)cc1. The van der Waals surface area contributed by atoms with Gasteiger partial charge < -0.3 is 0 Å². The lowest BCUT2D eigenvalue weighted by atomic mass is 9.96. The molecular weight excluding hydrogens is 461 g/mol. The second-order valence-electron chi connectivity index (χ2n) is 7.82. The van der Waals surface area contributed by atoms with E-state index in [1.54, 1.807) is 0 Å². The van der Waals surface area contributed by atoms with Crippen molar-refractivity contribution >= 4 is 17.5 Å². The molecule has 34 heavy (non-hydrogen) atoms. The number of hydrogen-bond acceptors (Lipinski definition) is 4. The van der Waals surface area contributed by atoms with E-state index in [1.807, 2.05) is 0 Å². The van der Waals surface area contributed by atoms with Crippen LogP contribution in [0.4, 0.5) is 22.0 Å². The van der Waals surface area contributed by atoms with Crippen molar-refractivity contribution < 1.29 is 36.3 Å². The summed E-state index contributed by atoms with van der Waals surface area (Å²) in [7, 11) is 0. The van der Waals surface area contributed by atoms with Crippen molar-refractivity contribution in [2.75, 3.05) is 6.54 Å².